The number of nitriles is 1. The van der Waals surface area contributed by atoms with Gasteiger partial charge in [0.25, 0.3) is 5.91 Å². The van der Waals surface area contributed by atoms with E-state index < -0.39 is 0 Å². The summed E-state index contributed by atoms with van der Waals surface area (Å²) in [6.07, 6.45) is 3.41. The van der Waals surface area contributed by atoms with Crippen LogP contribution in [0.4, 0.5) is 0 Å². The van der Waals surface area contributed by atoms with Gasteiger partial charge in [-0.05, 0) is 35.9 Å². The molecule has 4 aromatic rings. The molecule has 0 radical (unpaired) electrons. The summed E-state index contributed by atoms with van der Waals surface area (Å²) in [5, 5.41) is 12.8. The predicted octanol–water partition coefficient (Wildman–Crippen LogP) is 4.65. The highest BCUT2D eigenvalue weighted by Gasteiger charge is 2.19. The zero-order valence-electron chi connectivity index (χ0n) is 22.8. The van der Waals surface area contributed by atoms with Crippen LogP contribution < -0.4 is 10.1 Å². The lowest BCUT2D eigenvalue weighted by molar-refractivity contribution is 0.0254. The highest BCUT2D eigenvalue weighted by Crippen LogP contribution is 2.35. The van der Waals surface area contributed by atoms with Crippen molar-refractivity contribution in [2.45, 2.75) is 18.9 Å². The third kappa shape index (κ3) is 6.25. The molecule has 2 aliphatic heterocycles. The minimum atomic E-state index is -0.101. The second kappa shape index (κ2) is 12.5. The Kier molecular flexibility index (Phi) is 8.23. The van der Waals surface area contributed by atoms with Crippen molar-refractivity contribution in [3.63, 3.8) is 0 Å². The standard InChI is InChI=1S/C32H32N4O5/c33-21-25-19-24(5-6-29(25)40-26-8-15-38-16-9-26)27-7-10-34-28-20-30(41-31(27)28)22-1-3-23(4-2-22)32(37)35-11-12-36-13-17-39-18-14-36/h1-7,10,19-20,26H,8-9,11-18H2,(H,35,37). The Labute approximate surface area is 238 Å². The normalized spacial score (nSPS) is 16.4. The van der Waals surface area contributed by atoms with Gasteiger partial charge in [-0.3, -0.25) is 14.7 Å². The number of hydrogen-bond acceptors (Lipinski definition) is 8. The number of pyridine rings is 1. The van der Waals surface area contributed by atoms with Crippen LogP contribution in [0, 0.1) is 11.3 Å². The Hall–Kier alpha value is -4.23. The number of rotatable bonds is 8. The number of amides is 1. The predicted molar refractivity (Wildman–Crippen MR) is 154 cm³/mol. The van der Waals surface area contributed by atoms with Crippen molar-refractivity contribution in [3.8, 4) is 34.3 Å². The first-order valence-corrected chi connectivity index (χ1v) is 14.0. The molecular weight excluding hydrogens is 520 g/mol. The molecule has 1 amide bonds. The molecular formula is C32H32N4O5. The van der Waals surface area contributed by atoms with Crippen molar-refractivity contribution in [1.29, 1.82) is 5.26 Å². The minimum Gasteiger partial charge on any atom is -0.489 e. The van der Waals surface area contributed by atoms with Gasteiger partial charge in [-0.1, -0.05) is 18.2 Å². The summed E-state index contributed by atoms with van der Waals surface area (Å²) in [6.45, 7) is 6.03. The molecule has 2 aromatic heterocycles. The van der Waals surface area contributed by atoms with E-state index in [-0.39, 0.29) is 12.0 Å². The average Bonchev–Trinajstić information content (AvgIpc) is 3.47. The summed E-state index contributed by atoms with van der Waals surface area (Å²) in [6, 6.07) is 19.0. The smallest absolute Gasteiger partial charge is 0.251 e. The van der Waals surface area contributed by atoms with Crippen LogP contribution >= 0.6 is 0 Å². The van der Waals surface area contributed by atoms with Crippen molar-refractivity contribution in [2.24, 2.45) is 0 Å². The van der Waals surface area contributed by atoms with Crippen LogP contribution in [0.2, 0.25) is 0 Å². The Morgan fingerprint density at radius 1 is 1.00 bits per heavy atom. The van der Waals surface area contributed by atoms with Crippen LogP contribution in [0.15, 0.2) is 65.2 Å². The van der Waals surface area contributed by atoms with Crippen molar-refractivity contribution in [3.05, 3.63) is 71.9 Å². The van der Waals surface area contributed by atoms with Crippen LogP contribution in [-0.2, 0) is 9.47 Å². The van der Waals surface area contributed by atoms with Crippen LogP contribution in [0.25, 0.3) is 33.6 Å². The van der Waals surface area contributed by atoms with Gasteiger partial charge in [-0.25, -0.2) is 0 Å². The fraction of sp³-hybridized carbons (Fsp3) is 0.344. The van der Waals surface area contributed by atoms with Crippen LogP contribution in [0.1, 0.15) is 28.8 Å². The second-order valence-electron chi connectivity index (χ2n) is 10.2. The van der Waals surface area contributed by atoms with Gasteiger partial charge in [0.15, 0.2) is 5.58 Å². The van der Waals surface area contributed by atoms with E-state index in [4.69, 9.17) is 18.6 Å². The Bertz CT molecular complexity index is 1550. The number of nitrogens with one attached hydrogen (secondary N) is 1. The van der Waals surface area contributed by atoms with Crippen molar-refractivity contribution in [2.75, 3.05) is 52.6 Å². The molecule has 0 unspecified atom stereocenters. The van der Waals surface area contributed by atoms with Crippen LogP contribution in [-0.4, -0.2) is 74.5 Å². The fourth-order valence-electron chi connectivity index (χ4n) is 5.21. The molecule has 0 aliphatic carbocycles. The lowest BCUT2D eigenvalue weighted by Gasteiger charge is -2.26. The number of nitrogens with zero attached hydrogens (tertiary/aromatic N) is 3. The molecule has 1 N–H and O–H groups in total. The molecule has 2 aromatic carbocycles. The third-order valence-electron chi connectivity index (χ3n) is 7.53. The van der Waals surface area contributed by atoms with Gasteiger partial charge >= 0.3 is 0 Å². The number of fused-ring (bicyclic) bond motifs is 1. The van der Waals surface area contributed by atoms with Crippen LogP contribution in [0.5, 0.6) is 5.75 Å². The number of ether oxygens (including phenoxy) is 3. The average molecular weight is 553 g/mol. The van der Waals surface area contributed by atoms with E-state index in [1.165, 1.54) is 0 Å². The van der Waals surface area contributed by atoms with E-state index in [1.807, 2.05) is 42.5 Å². The maximum Gasteiger partial charge on any atom is 0.251 e. The zero-order valence-corrected chi connectivity index (χ0v) is 22.8. The molecule has 4 heterocycles. The van der Waals surface area contributed by atoms with E-state index in [0.29, 0.717) is 53.5 Å². The number of carbonyl (C=O) groups excluding carboxylic acids is 1. The van der Waals surface area contributed by atoms with Crippen molar-refractivity contribution >= 4 is 17.0 Å². The molecule has 9 nitrogen and oxygen atoms in total. The van der Waals surface area contributed by atoms with Crippen molar-refractivity contribution in [1.82, 2.24) is 15.2 Å². The number of aromatic nitrogens is 1. The molecule has 0 saturated carbocycles. The molecule has 2 aliphatic rings. The maximum atomic E-state index is 12.6. The minimum absolute atomic E-state index is 0.0505. The quantitative estimate of drug-likeness (QED) is 0.336. The van der Waals surface area contributed by atoms with E-state index in [2.05, 4.69) is 21.3 Å². The summed E-state index contributed by atoms with van der Waals surface area (Å²) in [5.41, 5.74) is 4.95. The van der Waals surface area contributed by atoms with E-state index in [1.54, 1.807) is 18.3 Å². The van der Waals surface area contributed by atoms with Gasteiger partial charge in [0.05, 0.1) is 32.0 Å². The Morgan fingerprint density at radius 3 is 2.54 bits per heavy atom. The first-order valence-electron chi connectivity index (χ1n) is 14.0. The highest BCUT2D eigenvalue weighted by molar-refractivity contribution is 5.95. The number of hydrogen-bond donors (Lipinski definition) is 1. The molecule has 6 rings (SSSR count). The Balaban J connectivity index is 1.17. The molecule has 210 valence electrons. The maximum absolute atomic E-state index is 12.6. The van der Waals surface area contributed by atoms with Gasteiger partial charge in [0.1, 0.15) is 29.2 Å². The number of morpholine rings is 1. The van der Waals surface area contributed by atoms with E-state index in [0.717, 1.165) is 62.4 Å². The van der Waals surface area contributed by atoms with Crippen molar-refractivity contribution < 1.29 is 23.4 Å². The first kappa shape index (κ1) is 27.0. The van der Waals surface area contributed by atoms with Gasteiger partial charge < -0.3 is 23.9 Å². The SMILES string of the molecule is N#Cc1cc(-c2ccnc3cc(-c4ccc(C(=O)NCCN5CCOCC5)cc4)oc23)ccc1OC1CCOCC1. The monoisotopic (exact) mass is 552 g/mol. The molecule has 2 saturated heterocycles. The summed E-state index contributed by atoms with van der Waals surface area (Å²) in [4.78, 5) is 19.4. The topological polar surface area (TPSA) is 110 Å². The fourth-order valence-corrected chi connectivity index (χ4v) is 5.21. The molecule has 9 heteroatoms. The lowest BCUT2D eigenvalue weighted by atomic mass is 10.0. The van der Waals surface area contributed by atoms with Gasteiger partial charge in [-0.2, -0.15) is 5.26 Å². The molecule has 0 spiro atoms. The molecule has 41 heavy (non-hydrogen) atoms. The summed E-state index contributed by atoms with van der Waals surface area (Å²) in [5.74, 6) is 1.13. The van der Waals surface area contributed by atoms with Gasteiger partial charge in [0, 0.05) is 68.0 Å². The third-order valence-corrected chi connectivity index (χ3v) is 7.53. The van der Waals surface area contributed by atoms with E-state index in [9.17, 15) is 10.1 Å². The lowest BCUT2D eigenvalue weighted by Crippen LogP contribution is -2.41. The first-order chi connectivity index (χ1) is 20.2. The summed E-state index contributed by atoms with van der Waals surface area (Å²) < 4.78 is 23.2. The molecule has 0 atom stereocenters. The Morgan fingerprint density at radius 2 is 1.76 bits per heavy atom. The molecule has 2 fully saturated rings. The highest BCUT2D eigenvalue weighted by atomic mass is 16.5. The zero-order chi connectivity index (χ0) is 28.0. The number of benzene rings is 2. The number of furan rings is 1. The number of carbonyl (C=O) groups is 1. The van der Waals surface area contributed by atoms with Gasteiger partial charge in [0.2, 0.25) is 0 Å². The summed E-state index contributed by atoms with van der Waals surface area (Å²) in [7, 11) is 0. The molecule has 0 bridgehead atoms. The second-order valence-corrected chi connectivity index (χ2v) is 10.2. The summed E-state index contributed by atoms with van der Waals surface area (Å²) >= 11 is 0. The van der Waals surface area contributed by atoms with Crippen LogP contribution in [0.3, 0.4) is 0 Å². The largest absolute Gasteiger partial charge is 0.489 e. The van der Waals surface area contributed by atoms with Gasteiger partial charge in [-0.15, -0.1) is 0 Å². The van der Waals surface area contributed by atoms with E-state index >= 15 is 0 Å².